The van der Waals surface area contributed by atoms with Crippen molar-refractivity contribution in [3.63, 3.8) is 0 Å². The van der Waals surface area contributed by atoms with Gasteiger partial charge in [0.15, 0.2) is 0 Å². The smallest absolute Gasteiger partial charge is 0.000718 e. The van der Waals surface area contributed by atoms with Crippen LogP contribution in [0, 0.1) is 0 Å². The van der Waals surface area contributed by atoms with Gasteiger partial charge in [0, 0.05) is 0 Å². The minimum Gasteiger partial charge on any atom is -0.0622 e. The maximum atomic E-state index is 2.41. The van der Waals surface area contributed by atoms with E-state index in [2.05, 4.69) is 315 Å². The second-order valence-electron chi connectivity index (χ2n) is 21.6. The van der Waals surface area contributed by atoms with Gasteiger partial charge in [0.2, 0.25) is 0 Å². The van der Waals surface area contributed by atoms with Crippen molar-refractivity contribution in [1.29, 1.82) is 0 Å². The molecule has 0 N–H and O–H groups in total. The van der Waals surface area contributed by atoms with Crippen molar-refractivity contribution < 1.29 is 0 Å². The number of hydrogen-bond acceptors (Lipinski definition) is 0. The molecule has 0 amide bonds. The summed E-state index contributed by atoms with van der Waals surface area (Å²) >= 11 is 0. The van der Waals surface area contributed by atoms with Crippen LogP contribution in [0.15, 0.2) is 303 Å². The molecule has 0 atom stereocenters. The third kappa shape index (κ3) is 7.46. The van der Waals surface area contributed by atoms with Crippen LogP contribution in [0.1, 0.15) is 11.1 Å². The Hall–Kier alpha value is -10.7. The zero-order valence-electron chi connectivity index (χ0n) is 45.0. The number of rotatable bonds is 10. The number of hydrogen-bond donors (Lipinski definition) is 0. The third-order valence-electron chi connectivity index (χ3n) is 17.2. The molecular weight excluding hydrogens is 985 g/mol. The maximum absolute atomic E-state index is 2.41. The first-order valence-electron chi connectivity index (χ1n) is 28.5. The highest BCUT2D eigenvalue weighted by atomic mass is 14.4. The number of benzene rings is 14. The molecule has 0 spiro atoms. The third-order valence-corrected chi connectivity index (χ3v) is 17.2. The lowest BCUT2D eigenvalue weighted by atomic mass is 9.76. The average Bonchev–Trinajstić information content (AvgIpc) is 2.34. The van der Waals surface area contributed by atoms with Crippen molar-refractivity contribution in [3.05, 3.63) is 314 Å². The van der Waals surface area contributed by atoms with Crippen LogP contribution in [0.5, 0.6) is 0 Å². The molecule has 0 saturated carbocycles. The lowest BCUT2D eigenvalue weighted by Crippen LogP contribution is -1.99. The summed E-state index contributed by atoms with van der Waals surface area (Å²) in [6, 6.07) is 112. The fourth-order valence-corrected chi connectivity index (χ4v) is 13.9. The molecule has 0 bridgehead atoms. The van der Waals surface area contributed by atoms with Gasteiger partial charge in [-0.2, -0.15) is 0 Å². The molecular formula is C82H52. The Kier molecular flexibility index (Phi) is 11.3. The van der Waals surface area contributed by atoms with E-state index in [-0.39, 0.29) is 0 Å². The van der Waals surface area contributed by atoms with Crippen LogP contribution in [0.3, 0.4) is 0 Å². The maximum Gasteiger partial charge on any atom is -0.000718 e. The molecule has 0 saturated heterocycles. The SMILES string of the molecule is C(=C\c1ccc2c3c(cccc13)-c1c(-c3ccccc3)c(-c3ccccc3)c(-c3ccccc3)c(-c3ccccc3)c1-2)/c1ccc2c3c(cccc13)-c1c(-c3ccccc3)c(-c3ccccc3)c(-c3ccccc3)c(-c3ccccc3)c1-2. The monoisotopic (exact) mass is 1040 g/mol. The molecule has 2 aliphatic rings. The molecule has 0 heterocycles. The normalized spacial score (nSPS) is 11.9. The van der Waals surface area contributed by atoms with Crippen molar-refractivity contribution in [2.75, 3.05) is 0 Å². The molecule has 0 aromatic heterocycles. The van der Waals surface area contributed by atoms with E-state index < -0.39 is 0 Å². The molecule has 82 heavy (non-hydrogen) atoms. The molecule has 0 radical (unpaired) electrons. The van der Waals surface area contributed by atoms with Gasteiger partial charge in [-0.05, 0) is 166 Å². The Balaban J connectivity index is 0.931. The summed E-state index contributed by atoms with van der Waals surface area (Å²) in [6.45, 7) is 0. The van der Waals surface area contributed by atoms with Crippen LogP contribution in [0.2, 0.25) is 0 Å². The van der Waals surface area contributed by atoms with E-state index in [1.165, 1.54) is 166 Å². The number of fused-ring (bicyclic) bond motifs is 6. The highest BCUT2D eigenvalue weighted by Crippen LogP contribution is 2.63. The first kappa shape index (κ1) is 47.3. The van der Waals surface area contributed by atoms with E-state index in [0.717, 1.165) is 0 Å². The first-order valence-corrected chi connectivity index (χ1v) is 28.5. The summed E-state index contributed by atoms with van der Waals surface area (Å²) < 4.78 is 0. The highest BCUT2D eigenvalue weighted by molar-refractivity contribution is 6.29. The summed E-state index contributed by atoms with van der Waals surface area (Å²) in [4.78, 5) is 0. The Morgan fingerprint density at radius 1 is 0.146 bits per heavy atom. The van der Waals surface area contributed by atoms with E-state index in [4.69, 9.17) is 0 Å². The zero-order valence-corrected chi connectivity index (χ0v) is 45.0. The van der Waals surface area contributed by atoms with Crippen LogP contribution in [0.25, 0.3) is 167 Å². The minimum atomic E-state index is 1.19. The standard InChI is InChI=1S/C82H52/c1-9-27-55(28-10-1)69-71(57-31-13-3-14-32-57)75(61-39-21-7-22-40-61)81-67-51-49-53(63-43-25-45-65(77(63)67)79(81)73(69)59-35-17-5-18-36-59)47-48-54-50-52-68-78-64(54)44-26-46-66(78)80-74(60-37-19-6-20-38-60)70(56-29-11-2-12-30-56)72(58-33-15-4-16-34-58)76(82(68)80)62-41-23-8-24-42-62/h1-52H/b48-47+. The fourth-order valence-electron chi connectivity index (χ4n) is 13.9. The van der Waals surface area contributed by atoms with Gasteiger partial charge in [-0.15, -0.1) is 0 Å². The summed E-state index contributed by atoms with van der Waals surface area (Å²) in [5, 5.41) is 5.06. The average molecular weight is 1040 g/mol. The lowest BCUT2D eigenvalue weighted by molar-refractivity contribution is 1.54. The molecule has 0 heteroatoms. The van der Waals surface area contributed by atoms with Crippen LogP contribution in [-0.2, 0) is 0 Å². The van der Waals surface area contributed by atoms with Crippen molar-refractivity contribution in [2.45, 2.75) is 0 Å². The first-order chi connectivity index (χ1) is 40.8. The van der Waals surface area contributed by atoms with Gasteiger partial charge in [-0.25, -0.2) is 0 Å². The predicted octanol–water partition coefficient (Wildman–Crippen LogP) is 22.8. The van der Waals surface area contributed by atoms with E-state index >= 15 is 0 Å². The predicted molar refractivity (Wildman–Crippen MR) is 349 cm³/mol. The Bertz CT molecular complexity index is 4270. The Morgan fingerprint density at radius 3 is 0.561 bits per heavy atom. The fraction of sp³-hybridized carbons (Fsp3) is 0. The minimum absolute atomic E-state index is 1.19. The van der Waals surface area contributed by atoms with E-state index in [9.17, 15) is 0 Å². The Labute approximate surface area is 478 Å². The molecule has 14 aromatic rings. The molecule has 16 rings (SSSR count). The summed E-state index contributed by atoms with van der Waals surface area (Å²) in [7, 11) is 0. The Morgan fingerprint density at radius 2 is 0.341 bits per heavy atom. The highest BCUT2D eigenvalue weighted by Gasteiger charge is 2.36. The summed E-state index contributed by atoms with van der Waals surface area (Å²) in [5.74, 6) is 0. The van der Waals surface area contributed by atoms with E-state index in [0.29, 0.717) is 0 Å². The van der Waals surface area contributed by atoms with E-state index in [1.54, 1.807) is 0 Å². The van der Waals surface area contributed by atoms with Gasteiger partial charge < -0.3 is 0 Å². The van der Waals surface area contributed by atoms with Crippen LogP contribution >= 0.6 is 0 Å². The van der Waals surface area contributed by atoms with Crippen molar-refractivity contribution in [1.82, 2.24) is 0 Å². The van der Waals surface area contributed by atoms with Crippen LogP contribution < -0.4 is 0 Å². The molecule has 0 fully saturated rings. The van der Waals surface area contributed by atoms with Crippen LogP contribution in [0.4, 0.5) is 0 Å². The van der Waals surface area contributed by atoms with Crippen molar-refractivity contribution >= 4 is 33.7 Å². The molecule has 0 nitrogen and oxygen atoms in total. The summed E-state index contributed by atoms with van der Waals surface area (Å²) in [5.41, 5.74) is 32.2. The van der Waals surface area contributed by atoms with Crippen LogP contribution in [-0.4, -0.2) is 0 Å². The van der Waals surface area contributed by atoms with Crippen molar-refractivity contribution in [3.8, 4) is 134 Å². The molecule has 380 valence electrons. The molecule has 0 unspecified atom stereocenters. The van der Waals surface area contributed by atoms with Crippen molar-refractivity contribution in [2.24, 2.45) is 0 Å². The van der Waals surface area contributed by atoms with Gasteiger partial charge in [0.1, 0.15) is 0 Å². The lowest BCUT2D eigenvalue weighted by Gasteiger charge is -2.26. The van der Waals surface area contributed by atoms with Gasteiger partial charge >= 0.3 is 0 Å². The van der Waals surface area contributed by atoms with Gasteiger partial charge in [0.05, 0.1) is 0 Å². The van der Waals surface area contributed by atoms with E-state index in [1.807, 2.05) is 0 Å². The van der Waals surface area contributed by atoms with Gasteiger partial charge in [-0.3, -0.25) is 0 Å². The molecule has 14 aromatic carbocycles. The second kappa shape index (κ2) is 19.6. The summed E-state index contributed by atoms with van der Waals surface area (Å²) in [6.07, 6.45) is 4.73. The van der Waals surface area contributed by atoms with Gasteiger partial charge in [-0.1, -0.05) is 315 Å². The largest absolute Gasteiger partial charge is 0.0622 e. The molecule has 2 aliphatic carbocycles. The quantitative estimate of drug-likeness (QED) is 0.120. The second-order valence-corrected chi connectivity index (χ2v) is 21.6. The molecule has 0 aliphatic heterocycles. The van der Waals surface area contributed by atoms with Gasteiger partial charge in [0.25, 0.3) is 0 Å². The zero-order chi connectivity index (χ0) is 54.1. The topological polar surface area (TPSA) is 0 Å².